The summed E-state index contributed by atoms with van der Waals surface area (Å²) in [7, 11) is 1.48. The summed E-state index contributed by atoms with van der Waals surface area (Å²) in [5.74, 6) is 0.869. The van der Waals surface area contributed by atoms with E-state index in [-0.39, 0.29) is 17.4 Å². The molecule has 0 saturated heterocycles. The second kappa shape index (κ2) is 5.67. The molecule has 0 spiro atoms. The Hall–Kier alpha value is -0.570. The van der Waals surface area contributed by atoms with Gasteiger partial charge in [-0.3, -0.25) is 4.79 Å². The molecule has 0 aliphatic heterocycles. The van der Waals surface area contributed by atoms with Gasteiger partial charge in [0, 0.05) is 5.54 Å². The number of carbonyl (C=O) groups excluding carboxylic acids is 1. The molecule has 3 heteroatoms. The highest BCUT2D eigenvalue weighted by Crippen LogP contribution is 2.33. The monoisotopic (exact) mass is 227 g/mol. The Morgan fingerprint density at radius 3 is 2.31 bits per heavy atom. The first-order valence-electron chi connectivity index (χ1n) is 6.29. The van der Waals surface area contributed by atoms with E-state index in [2.05, 4.69) is 13.8 Å². The zero-order chi connectivity index (χ0) is 12.2. The molecule has 0 atom stereocenters. The molecule has 0 amide bonds. The van der Waals surface area contributed by atoms with Gasteiger partial charge in [0.15, 0.2) is 0 Å². The fraction of sp³-hybridized carbons (Fsp3) is 0.923. The molecule has 1 aliphatic carbocycles. The van der Waals surface area contributed by atoms with E-state index in [0.717, 1.165) is 38.0 Å². The van der Waals surface area contributed by atoms with E-state index in [1.54, 1.807) is 0 Å². The van der Waals surface area contributed by atoms with E-state index < -0.39 is 0 Å². The Labute approximate surface area is 98.7 Å². The van der Waals surface area contributed by atoms with Crippen molar-refractivity contribution in [3.05, 3.63) is 0 Å². The van der Waals surface area contributed by atoms with Crippen LogP contribution < -0.4 is 5.73 Å². The van der Waals surface area contributed by atoms with Crippen LogP contribution in [0.25, 0.3) is 0 Å². The summed E-state index contributed by atoms with van der Waals surface area (Å²) >= 11 is 0. The summed E-state index contributed by atoms with van der Waals surface area (Å²) in [6.07, 6.45) is 6.54. The maximum Gasteiger partial charge on any atom is 0.308 e. The van der Waals surface area contributed by atoms with Gasteiger partial charge in [-0.2, -0.15) is 0 Å². The maximum atomic E-state index is 11.3. The lowest BCUT2D eigenvalue weighted by Gasteiger charge is -2.29. The predicted octanol–water partition coefficient (Wildman–Crippen LogP) is 2.48. The second-order valence-electron chi connectivity index (χ2n) is 5.77. The van der Waals surface area contributed by atoms with Crippen molar-refractivity contribution < 1.29 is 9.53 Å². The summed E-state index contributed by atoms with van der Waals surface area (Å²) in [5, 5.41) is 0. The highest BCUT2D eigenvalue weighted by molar-refractivity contribution is 5.72. The fourth-order valence-corrected chi connectivity index (χ4v) is 2.43. The van der Waals surface area contributed by atoms with Crippen LogP contribution in [0.3, 0.4) is 0 Å². The predicted molar refractivity (Wildman–Crippen MR) is 65.0 cm³/mol. The average molecular weight is 227 g/mol. The first kappa shape index (κ1) is 13.5. The molecule has 1 rings (SSSR count). The van der Waals surface area contributed by atoms with Crippen molar-refractivity contribution in [1.82, 2.24) is 0 Å². The van der Waals surface area contributed by atoms with Gasteiger partial charge in [0.25, 0.3) is 0 Å². The number of esters is 1. The minimum absolute atomic E-state index is 0.0300. The fourth-order valence-electron chi connectivity index (χ4n) is 2.43. The van der Waals surface area contributed by atoms with Crippen LogP contribution in [0.4, 0.5) is 0 Å². The molecule has 0 aromatic heterocycles. The van der Waals surface area contributed by atoms with Crippen molar-refractivity contribution in [3.8, 4) is 0 Å². The second-order valence-corrected chi connectivity index (χ2v) is 5.77. The van der Waals surface area contributed by atoms with Crippen molar-refractivity contribution in [2.45, 2.75) is 57.9 Å². The average Bonchev–Trinajstić information content (AvgIpc) is 2.25. The van der Waals surface area contributed by atoms with Gasteiger partial charge in [-0.05, 0) is 58.3 Å². The Kier molecular flexibility index (Phi) is 4.78. The third kappa shape index (κ3) is 4.52. The number of methoxy groups -OCH3 is 1. The van der Waals surface area contributed by atoms with Gasteiger partial charge < -0.3 is 10.5 Å². The summed E-state index contributed by atoms with van der Waals surface area (Å²) in [6, 6.07) is 0. The summed E-state index contributed by atoms with van der Waals surface area (Å²) in [6.45, 7) is 4.15. The molecule has 0 bridgehead atoms. The molecular weight excluding hydrogens is 202 g/mol. The molecule has 1 saturated carbocycles. The SMILES string of the molecule is COC(=O)C1CCC(CCC(C)(C)N)CC1. The molecule has 16 heavy (non-hydrogen) atoms. The molecule has 94 valence electrons. The van der Waals surface area contributed by atoms with Gasteiger partial charge >= 0.3 is 5.97 Å². The van der Waals surface area contributed by atoms with Crippen molar-refractivity contribution in [2.75, 3.05) is 7.11 Å². The molecule has 0 radical (unpaired) electrons. The molecule has 0 aromatic carbocycles. The third-order valence-corrected chi connectivity index (χ3v) is 3.58. The van der Waals surface area contributed by atoms with Gasteiger partial charge in [-0.15, -0.1) is 0 Å². The number of ether oxygens (including phenoxy) is 1. The summed E-state index contributed by atoms with van der Waals surface area (Å²) in [5.41, 5.74) is 5.92. The lowest BCUT2D eigenvalue weighted by atomic mass is 9.78. The van der Waals surface area contributed by atoms with Gasteiger partial charge in [0.05, 0.1) is 13.0 Å². The van der Waals surface area contributed by atoms with E-state index in [1.165, 1.54) is 13.5 Å². The molecule has 1 fully saturated rings. The van der Waals surface area contributed by atoms with Crippen LogP contribution in [0.5, 0.6) is 0 Å². The highest BCUT2D eigenvalue weighted by atomic mass is 16.5. The molecule has 1 aliphatic rings. The molecule has 2 N–H and O–H groups in total. The van der Waals surface area contributed by atoms with Gasteiger partial charge in [0.1, 0.15) is 0 Å². The van der Waals surface area contributed by atoms with E-state index in [4.69, 9.17) is 10.5 Å². The van der Waals surface area contributed by atoms with Crippen molar-refractivity contribution in [1.29, 1.82) is 0 Å². The molecular formula is C13H25NO2. The van der Waals surface area contributed by atoms with Crippen LogP contribution in [0.1, 0.15) is 52.4 Å². The maximum absolute atomic E-state index is 11.3. The molecule has 0 heterocycles. The standard InChI is InChI=1S/C13H25NO2/c1-13(2,14)9-8-10-4-6-11(7-5-10)12(15)16-3/h10-11H,4-9,14H2,1-3H3. The first-order valence-corrected chi connectivity index (χ1v) is 6.29. The van der Waals surface area contributed by atoms with Crippen LogP contribution in [0.15, 0.2) is 0 Å². The number of hydrogen-bond donors (Lipinski definition) is 1. The zero-order valence-electron chi connectivity index (χ0n) is 10.8. The number of hydrogen-bond acceptors (Lipinski definition) is 3. The number of nitrogens with two attached hydrogens (primary N) is 1. The van der Waals surface area contributed by atoms with Crippen LogP contribution >= 0.6 is 0 Å². The van der Waals surface area contributed by atoms with Gasteiger partial charge in [-0.1, -0.05) is 0 Å². The Morgan fingerprint density at radius 2 is 1.88 bits per heavy atom. The van der Waals surface area contributed by atoms with Crippen LogP contribution in [0, 0.1) is 11.8 Å². The van der Waals surface area contributed by atoms with Crippen molar-refractivity contribution in [2.24, 2.45) is 17.6 Å². The Balaban J connectivity index is 2.24. The molecule has 3 nitrogen and oxygen atoms in total. The number of carbonyl (C=O) groups is 1. The van der Waals surface area contributed by atoms with E-state index in [1.807, 2.05) is 0 Å². The zero-order valence-corrected chi connectivity index (χ0v) is 10.8. The number of rotatable bonds is 4. The van der Waals surface area contributed by atoms with Gasteiger partial charge in [0.2, 0.25) is 0 Å². The highest BCUT2D eigenvalue weighted by Gasteiger charge is 2.27. The first-order chi connectivity index (χ1) is 7.42. The van der Waals surface area contributed by atoms with Crippen LogP contribution in [-0.4, -0.2) is 18.6 Å². The minimum Gasteiger partial charge on any atom is -0.469 e. The normalized spacial score (nSPS) is 26.5. The largest absolute Gasteiger partial charge is 0.469 e. The van der Waals surface area contributed by atoms with Gasteiger partial charge in [-0.25, -0.2) is 0 Å². The van der Waals surface area contributed by atoms with Crippen LogP contribution in [0.2, 0.25) is 0 Å². The Morgan fingerprint density at radius 1 is 1.31 bits per heavy atom. The minimum atomic E-state index is -0.0564. The Bertz CT molecular complexity index is 225. The third-order valence-electron chi connectivity index (χ3n) is 3.58. The van der Waals surface area contributed by atoms with E-state index in [9.17, 15) is 4.79 Å². The summed E-state index contributed by atoms with van der Waals surface area (Å²) in [4.78, 5) is 11.3. The lowest BCUT2D eigenvalue weighted by Crippen LogP contribution is -2.33. The van der Waals surface area contributed by atoms with E-state index >= 15 is 0 Å². The van der Waals surface area contributed by atoms with E-state index in [0.29, 0.717) is 0 Å². The lowest BCUT2D eigenvalue weighted by molar-refractivity contribution is -0.146. The molecule has 0 aromatic rings. The topological polar surface area (TPSA) is 52.3 Å². The summed E-state index contributed by atoms with van der Waals surface area (Å²) < 4.78 is 4.78. The quantitative estimate of drug-likeness (QED) is 0.751. The van der Waals surface area contributed by atoms with Crippen molar-refractivity contribution in [3.63, 3.8) is 0 Å². The smallest absolute Gasteiger partial charge is 0.308 e. The van der Waals surface area contributed by atoms with Crippen molar-refractivity contribution >= 4 is 5.97 Å². The molecule has 0 unspecified atom stereocenters. The van der Waals surface area contributed by atoms with Crippen LogP contribution in [-0.2, 0) is 9.53 Å².